The van der Waals surface area contributed by atoms with E-state index in [4.69, 9.17) is 4.74 Å². The smallest absolute Gasteiger partial charge is 0.305 e. The van der Waals surface area contributed by atoms with Crippen molar-refractivity contribution >= 4 is 23.1 Å². The second kappa shape index (κ2) is 8.91. The molecular formula is C25H39N3O5. The van der Waals surface area contributed by atoms with Crippen LogP contribution in [0.3, 0.4) is 0 Å². The van der Waals surface area contributed by atoms with Gasteiger partial charge in [0.05, 0.1) is 24.2 Å². The molecule has 0 spiro atoms. The molecule has 0 radical (unpaired) electrons. The SMILES string of the molecule is COC(=O)CC[C@@H](C)C1CC[C@H]2C3/C(=N\O)CC4C/C(=N/O)CC[C@]4(C)[C@H]3C/C(=N\O)[C@]12C. The van der Waals surface area contributed by atoms with Crippen LogP contribution < -0.4 is 0 Å². The van der Waals surface area contributed by atoms with Crippen molar-refractivity contribution in [1.82, 2.24) is 0 Å². The highest BCUT2D eigenvalue weighted by atomic mass is 16.5. The first-order valence-electron chi connectivity index (χ1n) is 12.4. The van der Waals surface area contributed by atoms with Crippen LogP contribution in [0.4, 0.5) is 0 Å². The van der Waals surface area contributed by atoms with E-state index in [1.165, 1.54) is 7.11 Å². The summed E-state index contributed by atoms with van der Waals surface area (Å²) in [4.78, 5) is 11.7. The van der Waals surface area contributed by atoms with Gasteiger partial charge in [-0.3, -0.25) is 4.79 Å². The van der Waals surface area contributed by atoms with Gasteiger partial charge in [0.2, 0.25) is 0 Å². The van der Waals surface area contributed by atoms with Crippen molar-refractivity contribution in [2.75, 3.05) is 7.11 Å². The predicted molar refractivity (Wildman–Crippen MR) is 124 cm³/mol. The lowest BCUT2D eigenvalue weighted by Crippen LogP contribution is -2.60. The summed E-state index contributed by atoms with van der Waals surface area (Å²) in [7, 11) is 1.42. The lowest BCUT2D eigenvalue weighted by atomic mass is 9.43. The average Bonchev–Trinajstić information content (AvgIpc) is 3.18. The highest BCUT2D eigenvalue weighted by Crippen LogP contribution is 2.66. The van der Waals surface area contributed by atoms with Gasteiger partial charge < -0.3 is 20.4 Å². The molecule has 0 amide bonds. The number of rotatable bonds is 4. The zero-order chi connectivity index (χ0) is 24.0. The van der Waals surface area contributed by atoms with Crippen molar-refractivity contribution in [2.45, 2.75) is 78.6 Å². The highest BCUT2D eigenvalue weighted by Gasteiger charge is 2.65. The molecular weight excluding hydrogens is 422 g/mol. The fourth-order valence-electron chi connectivity index (χ4n) is 8.45. The summed E-state index contributed by atoms with van der Waals surface area (Å²) in [6.45, 7) is 6.76. The third kappa shape index (κ3) is 3.64. The summed E-state index contributed by atoms with van der Waals surface area (Å²) in [5.74, 6) is 1.27. The van der Waals surface area contributed by atoms with E-state index in [-0.39, 0.29) is 46.4 Å². The summed E-state index contributed by atoms with van der Waals surface area (Å²) >= 11 is 0. The number of nitrogens with zero attached hydrogens (tertiary/aromatic N) is 3. The number of methoxy groups -OCH3 is 1. The lowest BCUT2D eigenvalue weighted by Gasteiger charge is -2.60. The molecule has 3 N–H and O–H groups in total. The highest BCUT2D eigenvalue weighted by molar-refractivity contribution is 5.97. The van der Waals surface area contributed by atoms with Gasteiger partial charge in [0.15, 0.2) is 0 Å². The maximum atomic E-state index is 11.7. The first-order chi connectivity index (χ1) is 15.7. The minimum Gasteiger partial charge on any atom is -0.469 e. The number of esters is 1. The standard InChI is InChI=1S/C25H39N3O5/c1-14(5-8-22(29)33-4)17-6-7-18-23-19(13-21(28-32)25(17,18)3)24(2)10-9-16(26-30)11-15(24)12-20(23)27-31/h14-15,17-19,23,30-32H,5-13H2,1-4H3/b26-16+,27-20-,28-21+/t14-,15?,17?,18+,19+,23?,24+,25-/m1/s1. The predicted octanol–water partition coefficient (Wildman–Crippen LogP) is 4.95. The van der Waals surface area contributed by atoms with Gasteiger partial charge in [0.25, 0.3) is 0 Å². The van der Waals surface area contributed by atoms with Gasteiger partial charge in [-0.2, -0.15) is 0 Å². The second-order valence-electron chi connectivity index (χ2n) is 11.4. The minimum absolute atomic E-state index is 0.0128. The van der Waals surface area contributed by atoms with Gasteiger partial charge in [0, 0.05) is 17.8 Å². The molecule has 8 atom stereocenters. The number of hydrogen-bond donors (Lipinski definition) is 3. The first kappa shape index (κ1) is 24.0. The van der Waals surface area contributed by atoms with Gasteiger partial charge in [0.1, 0.15) is 0 Å². The number of oxime groups is 3. The summed E-state index contributed by atoms with van der Waals surface area (Å²) in [5, 5.41) is 40.9. The molecule has 0 aromatic carbocycles. The summed E-state index contributed by atoms with van der Waals surface area (Å²) in [6.07, 6.45) is 6.97. The van der Waals surface area contributed by atoms with Crippen LogP contribution in [-0.4, -0.2) is 45.8 Å². The van der Waals surface area contributed by atoms with E-state index >= 15 is 0 Å². The maximum absolute atomic E-state index is 11.7. The van der Waals surface area contributed by atoms with Gasteiger partial charge in [-0.05, 0) is 86.4 Å². The van der Waals surface area contributed by atoms with Crippen LogP contribution in [0.15, 0.2) is 15.5 Å². The van der Waals surface area contributed by atoms with E-state index in [9.17, 15) is 20.4 Å². The van der Waals surface area contributed by atoms with Gasteiger partial charge >= 0.3 is 5.97 Å². The largest absolute Gasteiger partial charge is 0.469 e. The molecule has 0 bridgehead atoms. The Morgan fingerprint density at radius 1 is 1.09 bits per heavy atom. The van der Waals surface area contributed by atoms with Crippen LogP contribution in [0, 0.1) is 46.3 Å². The van der Waals surface area contributed by atoms with Crippen molar-refractivity contribution in [1.29, 1.82) is 0 Å². The van der Waals surface area contributed by atoms with Crippen molar-refractivity contribution in [3.8, 4) is 0 Å². The van der Waals surface area contributed by atoms with Crippen LogP contribution in [0.5, 0.6) is 0 Å². The van der Waals surface area contributed by atoms with E-state index in [2.05, 4.69) is 36.2 Å². The number of ether oxygens (including phenoxy) is 1. The molecule has 4 fully saturated rings. The Morgan fingerprint density at radius 3 is 2.48 bits per heavy atom. The van der Waals surface area contributed by atoms with Crippen molar-refractivity contribution in [2.24, 2.45) is 61.8 Å². The molecule has 33 heavy (non-hydrogen) atoms. The summed E-state index contributed by atoms with van der Waals surface area (Å²) in [6, 6.07) is 0. The molecule has 4 saturated carbocycles. The number of carbonyl (C=O) groups excluding carboxylic acids is 1. The van der Waals surface area contributed by atoms with Crippen LogP contribution in [-0.2, 0) is 9.53 Å². The van der Waals surface area contributed by atoms with E-state index in [0.717, 1.165) is 55.7 Å². The van der Waals surface area contributed by atoms with Crippen LogP contribution in [0.25, 0.3) is 0 Å². The van der Waals surface area contributed by atoms with Crippen LogP contribution in [0.1, 0.15) is 78.6 Å². The van der Waals surface area contributed by atoms with Crippen LogP contribution in [0.2, 0.25) is 0 Å². The quantitative estimate of drug-likeness (QED) is 0.311. The first-order valence-corrected chi connectivity index (χ1v) is 12.4. The monoisotopic (exact) mass is 461 g/mol. The summed E-state index contributed by atoms with van der Waals surface area (Å²) in [5.41, 5.74) is 2.26. The summed E-state index contributed by atoms with van der Waals surface area (Å²) < 4.78 is 4.84. The lowest BCUT2D eigenvalue weighted by molar-refractivity contribution is -0.141. The topological polar surface area (TPSA) is 124 Å². The number of hydrogen-bond acceptors (Lipinski definition) is 8. The van der Waals surface area contributed by atoms with Crippen LogP contribution >= 0.6 is 0 Å². The second-order valence-corrected chi connectivity index (χ2v) is 11.4. The van der Waals surface area contributed by atoms with E-state index in [1.807, 2.05) is 0 Å². The molecule has 3 unspecified atom stereocenters. The molecule has 0 heterocycles. The minimum atomic E-state index is -0.295. The zero-order valence-corrected chi connectivity index (χ0v) is 20.3. The van der Waals surface area contributed by atoms with E-state index < -0.39 is 0 Å². The molecule has 8 heteroatoms. The number of carbonyl (C=O) groups is 1. The van der Waals surface area contributed by atoms with Crippen molar-refractivity contribution < 1.29 is 25.2 Å². The molecule has 0 aliphatic heterocycles. The molecule has 4 aliphatic rings. The van der Waals surface area contributed by atoms with E-state index in [1.54, 1.807) is 0 Å². The zero-order valence-electron chi connectivity index (χ0n) is 20.3. The average molecular weight is 462 g/mol. The Kier molecular flexibility index (Phi) is 6.49. The Labute approximate surface area is 196 Å². The van der Waals surface area contributed by atoms with E-state index in [0.29, 0.717) is 25.2 Å². The molecule has 8 nitrogen and oxygen atoms in total. The third-order valence-corrected chi connectivity index (χ3v) is 10.4. The molecule has 0 aromatic rings. The molecule has 0 aromatic heterocycles. The number of fused-ring (bicyclic) bond motifs is 5. The Hall–Kier alpha value is -2.12. The van der Waals surface area contributed by atoms with Crippen molar-refractivity contribution in [3.63, 3.8) is 0 Å². The molecule has 184 valence electrons. The fraction of sp³-hybridized carbons (Fsp3) is 0.840. The maximum Gasteiger partial charge on any atom is 0.305 e. The Bertz CT molecular complexity index is 870. The fourth-order valence-corrected chi connectivity index (χ4v) is 8.45. The van der Waals surface area contributed by atoms with Crippen molar-refractivity contribution in [3.05, 3.63) is 0 Å². The Balaban J connectivity index is 1.67. The third-order valence-electron chi connectivity index (χ3n) is 10.4. The normalized spacial score (nSPS) is 44.8. The van der Waals surface area contributed by atoms with Gasteiger partial charge in [-0.1, -0.05) is 36.2 Å². The Morgan fingerprint density at radius 2 is 1.85 bits per heavy atom. The molecule has 4 rings (SSSR count). The molecule has 4 aliphatic carbocycles. The van der Waals surface area contributed by atoms with Gasteiger partial charge in [-0.25, -0.2) is 0 Å². The van der Waals surface area contributed by atoms with Gasteiger partial charge in [-0.15, -0.1) is 0 Å². The molecule has 0 saturated heterocycles.